The summed E-state index contributed by atoms with van der Waals surface area (Å²) >= 11 is 0. The summed E-state index contributed by atoms with van der Waals surface area (Å²) in [5, 5.41) is 2.76. The lowest BCUT2D eigenvalue weighted by Crippen LogP contribution is -2.30. The smallest absolute Gasteiger partial charge is 0.258 e. The number of nitrogens with one attached hydrogen (secondary N) is 1. The Morgan fingerprint density at radius 3 is 2.94 bits per heavy atom. The lowest BCUT2D eigenvalue weighted by molar-refractivity contribution is -0.123. The highest BCUT2D eigenvalue weighted by molar-refractivity contribution is 5.78. The van der Waals surface area contributed by atoms with Crippen molar-refractivity contribution in [3.63, 3.8) is 0 Å². The molecule has 1 aromatic rings. The van der Waals surface area contributed by atoms with Crippen molar-refractivity contribution in [2.24, 2.45) is 5.73 Å². The molecule has 92 valence electrons. The normalized spacial score (nSPS) is 14.5. The van der Waals surface area contributed by atoms with Gasteiger partial charge in [-0.1, -0.05) is 12.1 Å². The molecule has 0 unspecified atom stereocenters. The Bertz CT molecular complexity index is 419. The zero-order valence-corrected chi connectivity index (χ0v) is 9.41. The number of nitrogens with two attached hydrogens (primary N) is 1. The molecular weight excluding hydrogens is 223 g/mol. The molecule has 1 amide bonds. The van der Waals surface area contributed by atoms with Crippen LogP contribution in [0.5, 0.6) is 5.75 Å². The second kappa shape index (κ2) is 5.14. The Hall–Kier alpha value is -1.62. The average Bonchev–Trinajstić information content (AvgIpc) is 3.11. The average molecular weight is 238 g/mol. The SMILES string of the molecule is NCc1cccc(F)c1OCC(=O)NC1CC1. The second-order valence-corrected chi connectivity index (χ2v) is 4.06. The molecule has 3 N–H and O–H groups in total. The summed E-state index contributed by atoms with van der Waals surface area (Å²) < 4.78 is 18.6. The van der Waals surface area contributed by atoms with Crippen molar-refractivity contribution in [2.75, 3.05) is 6.61 Å². The van der Waals surface area contributed by atoms with Crippen molar-refractivity contribution >= 4 is 5.91 Å². The van der Waals surface area contributed by atoms with E-state index in [1.165, 1.54) is 6.07 Å². The van der Waals surface area contributed by atoms with Crippen LogP contribution >= 0.6 is 0 Å². The molecule has 4 nitrogen and oxygen atoms in total. The van der Waals surface area contributed by atoms with Crippen molar-refractivity contribution in [3.05, 3.63) is 29.6 Å². The Morgan fingerprint density at radius 1 is 1.53 bits per heavy atom. The number of rotatable bonds is 5. The fourth-order valence-corrected chi connectivity index (χ4v) is 1.51. The molecule has 2 rings (SSSR count). The summed E-state index contributed by atoms with van der Waals surface area (Å²) in [4.78, 5) is 11.4. The third kappa shape index (κ3) is 3.17. The topological polar surface area (TPSA) is 64.3 Å². The van der Waals surface area contributed by atoms with Crippen LogP contribution in [0, 0.1) is 5.82 Å². The van der Waals surface area contributed by atoms with Gasteiger partial charge in [0.15, 0.2) is 18.2 Å². The van der Waals surface area contributed by atoms with Gasteiger partial charge in [-0.25, -0.2) is 4.39 Å². The number of ether oxygens (including phenoxy) is 1. The van der Waals surface area contributed by atoms with Gasteiger partial charge in [-0.15, -0.1) is 0 Å². The zero-order valence-electron chi connectivity index (χ0n) is 9.41. The molecule has 1 fully saturated rings. The lowest BCUT2D eigenvalue weighted by atomic mass is 10.2. The molecule has 1 saturated carbocycles. The summed E-state index contributed by atoms with van der Waals surface area (Å²) in [6.45, 7) is 0.00176. The number of halogens is 1. The van der Waals surface area contributed by atoms with Gasteiger partial charge in [0.2, 0.25) is 0 Å². The molecule has 0 radical (unpaired) electrons. The third-order valence-corrected chi connectivity index (χ3v) is 2.56. The minimum absolute atomic E-state index is 0.0703. The standard InChI is InChI=1S/C12H15FN2O2/c13-10-3-1-2-8(6-14)12(10)17-7-11(16)15-9-4-5-9/h1-3,9H,4-7,14H2,(H,15,16). The molecule has 1 aliphatic rings. The summed E-state index contributed by atoms with van der Waals surface area (Å²) in [5.41, 5.74) is 6.03. The first-order valence-corrected chi connectivity index (χ1v) is 5.60. The Labute approximate surface area is 98.9 Å². The van der Waals surface area contributed by atoms with Crippen LogP contribution in [0.25, 0.3) is 0 Å². The van der Waals surface area contributed by atoms with Gasteiger partial charge < -0.3 is 15.8 Å². The van der Waals surface area contributed by atoms with Crippen LogP contribution in [0.15, 0.2) is 18.2 Å². The van der Waals surface area contributed by atoms with Crippen LogP contribution in [0.3, 0.4) is 0 Å². The molecule has 0 heterocycles. The minimum atomic E-state index is -0.493. The molecule has 1 aliphatic carbocycles. The number of amides is 1. The van der Waals surface area contributed by atoms with Gasteiger partial charge in [0.25, 0.3) is 5.91 Å². The quantitative estimate of drug-likeness (QED) is 0.802. The van der Waals surface area contributed by atoms with E-state index in [4.69, 9.17) is 10.5 Å². The maximum atomic E-state index is 13.5. The molecule has 17 heavy (non-hydrogen) atoms. The highest BCUT2D eigenvalue weighted by Gasteiger charge is 2.23. The number of carbonyl (C=O) groups excluding carboxylic acids is 1. The van der Waals surface area contributed by atoms with Crippen LogP contribution in [0.2, 0.25) is 0 Å². The molecule has 5 heteroatoms. The van der Waals surface area contributed by atoms with Crippen LogP contribution in [0.1, 0.15) is 18.4 Å². The summed E-state index contributed by atoms with van der Waals surface area (Å²) in [7, 11) is 0. The van der Waals surface area contributed by atoms with E-state index < -0.39 is 5.82 Å². The predicted molar refractivity (Wildman–Crippen MR) is 61.0 cm³/mol. The summed E-state index contributed by atoms with van der Waals surface area (Å²) in [6, 6.07) is 4.81. The highest BCUT2D eigenvalue weighted by Crippen LogP contribution is 2.22. The van der Waals surface area contributed by atoms with E-state index in [9.17, 15) is 9.18 Å². The Balaban J connectivity index is 1.94. The van der Waals surface area contributed by atoms with Crippen LogP contribution in [0.4, 0.5) is 4.39 Å². The van der Waals surface area contributed by atoms with E-state index in [0.29, 0.717) is 5.56 Å². The van der Waals surface area contributed by atoms with Gasteiger partial charge >= 0.3 is 0 Å². The maximum Gasteiger partial charge on any atom is 0.258 e. The highest BCUT2D eigenvalue weighted by atomic mass is 19.1. The van der Waals surface area contributed by atoms with Gasteiger partial charge in [-0.05, 0) is 18.9 Å². The molecule has 0 spiro atoms. The fourth-order valence-electron chi connectivity index (χ4n) is 1.51. The number of hydrogen-bond acceptors (Lipinski definition) is 3. The largest absolute Gasteiger partial charge is 0.480 e. The second-order valence-electron chi connectivity index (χ2n) is 4.06. The molecule has 0 atom stereocenters. The number of carbonyl (C=O) groups is 1. The van der Waals surface area contributed by atoms with Gasteiger partial charge in [0, 0.05) is 18.2 Å². The van der Waals surface area contributed by atoms with Gasteiger partial charge in [-0.3, -0.25) is 4.79 Å². The van der Waals surface area contributed by atoms with Crippen molar-refractivity contribution in [2.45, 2.75) is 25.4 Å². The van der Waals surface area contributed by atoms with Crippen molar-refractivity contribution in [1.82, 2.24) is 5.32 Å². The van der Waals surface area contributed by atoms with E-state index in [-0.39, 0.29) is 30.9 Å². The van der Waals surface area contributed by atoms with Crippen molar-refractivity contribution in [1.29, 1.82) is 0 Å². The number of benzene rings is 1. The van der Waals surface area contributed by atoms with E-state index >= 15 is 0 Å². The fraction of sp³-hybridized carbons (Fsp3) is 0.417. The predicted octanol–water partition coefficient (Wildman–Crippen LogP) is 0.942. The van der Waals surface area contributed by atoms with E-state index in [2.05, 4.69) is 5.32 Å². The first-order valence-electron chi connectivity index (χ1n) is 5.60. The van der Waals surface area contributed by atoms with Crippen molar-refractivity contribution < 1.29 is 13.9 Å². The van der Waals surface area contributed by atoms with E-state index in [1.54, 1.807) is 12.1 Å². The number of hydrogen-bond donors (Lipinski definition) is 2. The van der Waals surface area contributed by atoms with Gasteiger partial charge in [-0.2, -0.15) is 0 Å². The molecule has 0 saturated heterocycles. The maximum absolute atomic E-state index is 13.5. The van der Waals surface area contributed by atoms with Crippen LogP contribution < -0.4 is 15.8 Å². The van der Waals surface area contributed by atoms with E-state index in [1.807, 2.05) is 0 Å². The summed E-state index contributed by atoms with van der Waals surface area (Å²) in [5.74, 6) is -0.646. The Kier molecular flexibility index (Phi) is 3.58. The molecule has 0 bridgehead atoms. The lowest BCUT2D eigenvalue weighted by Gasteiger charge is -2.11. The molecule has 0 aliphatic heterocycles. The first-order chi connectivity index (χ1) is 8.20. The van der Waals surface area contributed by atoms with Crippen molar-refractivity contribution in [3.8, 4) is 5.75 Å². The van der Waals surface area contributed by atoms with E-state index in [0.717, 1.165) is 12.8 Å². The first kappa shape index (κ1) is 11.9. The molecule has 0 aromatic heterocycles. The van der Waals surface area contributed by atoms with Crippen LogP contribution in [-0.2, 0) is 11.3 Å². The summed E-state index contributed by atoms with van der Waals surface area (Å²) in [6.07, 6.45) is 2.03. The minimum Gasteiger partial charge on any atom is -0.480 e. The third-order valence-electron chi connectivity index (χ3n) is 2.56. The van der Waals surface area contributed by atoms with Crippen LogP contribution in [-0.4, -0.2) is 18.6 Å². The Morgan fingerprint density at radius 2 is 2.29 bits per heavy atom. The number of para-hydroxylation sites is 1. The van der Waals surface area contributed by atoms with Gasteiger partial charge in [0.05, 0.1) is 0 Å². The molecular formula is C12H15FN2O2. The monoisotopic (exact) mass is 238 g/mol. The molecule has 1 aromatic carbocycles. The van der Waals surface area contributed by atoms with Gasteiger partial charge in [0.1, 0.15) is 0 Å². The zero-order chi connectivity index (χ0) is 12.3.